The van der Waals surface area contributed by atoms with Crippen LogP contribution in [-0.4, -0.2) is 15.0 Å². The minimum absolute atomic E-state index is 0.385. The van der Waals surface area contributed by atoms with Crippen molar-refractivity contribution in [2.24, 2.45) is 0 Å². The van der Waals surface area contributed by atoms with Crippen LogP contribution in [0.15, 0.2) is 24.5 Å². The second kappa shape index (κ2) is 4.76. The predicted molar refractivity (Wildman–Crippen MR) is 64.0 cm³/mol. The van der Waals surface area contributed by atoms with Gasteiger partial charge in [-0.25, -0.2) is 15.0 Å². The van der Waals surface area contributed by atoms with Crippen LogP contribution in [0, 0.1) is 18.3 Å². The minimum atomic E-state index is 0.385. The summed E-state index contributed by atoms with van der Waals surface area (Å²) >= 11 is 5.83. The van der Waals surface area contributed by atoms with Gasteiger partial charge in [-0.3, -0.25) is 0 Å². The molecule has 84 valence electrons. The van der Waals surface area contributed by atoms with Crippen LogP contribution in [0.1, 0.15) is 11.3 Å². The molecule has 1 N–H and O–H groups in total. The first-order valence-corrected chi connectivity index (χ1v) is 5.19. The number of rotatable bonds is 2. The molecule has 17 heavy (non-hydrogen) atoms. The molecule has 2 rings (SSSR count). The standard InChI is InChI=1S/C11H8ClN5/c1-7-8(5-13)6-15-11(16-7)17-10-4-9(12)2-3-14-10/h2-4,6H,1H3,(H,14,15,16,17). The number of halogens is 1. The van der Waals surface area contributed by atoms with Gasteiger partial charge >= 0.3 is 0 Å². The molecule has 0 atom stereocenters. The first kappa shape index (κ1) is 11.3. The van der Waals surface area contributed by atoms with Crippen molar-refractivity contribution >= 4 is 23.4 Å². The van der Waals surface area contributed by atoms with Crippen molar-refractivity contribution in [1.82, 2.24) is 15.0 Å². The van der Waals surface area contributed by atoms with Crippen LogP contribution in [-0.2, 0) is 0 Å². The molecule has 2 aromatic heterocycles. The Hall–Kier alpha value is -2.19. The van der Waals surface area contributed by atoms with E-state index in [1.165, 1.54) is 6.20 Å². The van der Waals surface area contributed by atoms with Crippen molar-refractivity contribution < 1.29 is 0 Å². The van der Waals surface area contributed by atoms with E-state index >= 15 is 0 Å². The van der Waals surface area contributed by atoms with Crippen LogP contribution in [0.25, 0.3) is 0 Å². The van der Waals surface area contributed by atoms with E-state index in [0.29, 0.717) is 28.0 Å². The highest BCUT2D eigenvalue weighted by Crippen LogP contribution is 2.15. The normalized spacial score (nSPS) is 9.71. The number of nitriles is 1. The molecule has 0 spiro atoms. The molecule has 0 radical (unpaired) electrons. The molecular weight excluding hydrogens is 238 g/mol. The number of nitrogens with zero attached hydrogens (tertiary/aromatic N) is 4. The second-order valence-electron chi connectivity index (χ2n) is 3.29. The fourth-order valence-electron chi connectivity index (χ4n) is 1.22. The molecule has 0 fully saturated rings. The smallest absolute Gasteiger partial charge is 0.228 e. The third-order valence-electron chi connectivity index (χ3n) is 2.06. The number of pyridine rings is 1. The summed E-state index contributed by atoms with van der Waals surface area (Å²) in [6.07, 6.45) is 3.05. The molecule has 0 aliphatic rings. The van der Waals surface area contributed by atoms with Crippen molar-refractivity contribution in [1.29, 1.82) is 5.26 Å². The van der Waals surface area contributed by atoms with Gasteiger partial charge in [-0.1, -0.05) is 11.6 Å². The number of nitrogens with one attached hydrogen (secondary N) is 1. The van der Waals surface area contributed by atoms with E-state index in [0.717, 1.165) is 0 Å². The molecule has 2 aromatic rings. The largest absolute Gasteiger partial charge is 0.309 e. The highest BCUT2D eigenvalue weighted by Gasteiger charge is 2.03. The first-order chi connectivity index (χ1) is 8.19. The van der Waals surface area contributed by atoms with E-state index in [1.807, 2.05) is 6.07 Å². The van der Waals surface area contributed by atoms with E-state index in [9.17, 15) is 0 Å². The Morgan fingerprint density at radius 2 is 2.24 bits per heavy atom. The van der Waals surface area contributed by atoms with Crippen molar-refractivity contribution in [3.63, 3.8) is 0 Å². The zero-order valence-corrected chi connectivity index (χ0v) is 9.73. The van der Waals surface area contributed by atoms with Gasteiger partial charge in [0.2, 0.25) is 5.95 Å². The van der Waals surface area contributed by atoms with Gasteiger partial charge in [0.15, 0.2) is 0 Å². The number of aryl methyl sites for hydroxylation is 1. The molecule has 0 saturated heterocycles. The molecule has 0 aliphatic heterocycles. The average molecular weight is 246 g/mol. The lowest BCUT2D eigenvalue weighted by Crippen LogP contribution is -2.01. The highest BCUT2D eigenvalue weighted by atomic mass is 35.5. The van der Waals surface area contributed by atoms with Crippen LogP contribution in [0.3, 0.4) is 0 Å². The van der Waals surface area contributed by atoms with Gasteiger partial charge in [0, 0.05) is 11.2 Å². The monoisotopic (exact) mass is 245 g/mol. The van der Waals surface area contributed by atoms with Crippen LogP contribution in [0.2, 0.25) is 5.02 Å². The Bertz CT molecular complexity index is 591. The zero-order valence-electron chi connectivity index (χ0n) is 8.98. The van der Waals surface area contributed by atoms with E-state index in [1.54, 1.807) is 25.3 Å². The molecule has 6 heteroatoms. The van der Waals surface area contributed by atoms with Crippen LogP contribution >= 0.6 is 11.6 Å². The molecular formula is C11H8ClN5. The third kappa shape index (κ3) is 2.68. The fraction of sp³-hybridized carbons (Fsp3) is 0.0909. The van der Waals surface area contributed by atoms with Gasteiger partial charge in [0.1, 0.15) is 11.9 Å². The fourth-order valence-corrected chi connectivity index (χ4v) is 1.38. The Balaban J connectivity index is 2.25. The maximum Gasteiger partial charge on any atom is 0.228 e. The molecule has 0 bridgehead atoms. The number of anilines is 2. The Morgan fingerprint density at radius 3 is 2.88 bits per heavy atom. The zero-order chi connectivity index (χ0) is 12.3. The average Bonchev–Trinajstić information content (AvgIpc) is 2.29. The van der Waals surface area contributed by atoms with Gasteiger partial charge in [-0.15, -0.1) is 0 Å². The van der Waals surface area contributed by atoms with Gasteiger partial charge < -0.3 is 5.32 Å². The lowest BCUT2D eigenvalue weighted by Gasteiger charge is -2.04. The quantitative estimate of drug-likeness (QED) is 0.880. The topological polar surface area (TPSA) is 74.5 Å². The van der Waals surface area contributed by atoms with Gasteiger partial charge in [0.05, 0.1) is 17.5 Å². The molecule has 0 saturated carbocycles. The maximum absolute atomic E-state index is 8.76. The summed E-state index contributed by atoms with van der Waals surface area (Å²) in [5.74, 6) is 0.942. The second-order valence-corrected chi connectivity index (χ2v) is 3.73. The summed E-state index contributed by atoms with van der Waals surface area (Å²) < 4.78 is 0. The summed E-state index contributed by atoms with van der Waals surface area (Å²) in [4.78, 5) is 12.2. The summed E-state index contributed by atoms with van der Waals surface area (Å²) in [6.45, 7) is 1.75. The van der Waals surface area contributed by atoms with E-state index in [-0.39, 0.29) is 0 Å². The predicted octanol–water partition coefficient (Wildman–Crippen LogP) is 2.45. The molecule has 0 unspecified atom stereocenters. The van der Waals surface area contributed by atoms with E-state index in [2.05, 4.69) is 20.3 Å². The lowest BCUT2D eigenvalue weighted by molar-refractivity contribution is 1.08. The lowest BCUT2D eigenvalue weighted by atomic mass is 10.3. The minimum Gasteiger partial charge on any atom is -0.309 e. The van der Waals surface area contributed by atoms with E-state index in [4.69, 9.17) is 16.9 Å². The SMILES string of the molecule is Cc1nc(Nc2cc(Cl)ccn2)ncc1C#N. The maximum atomic E-state index is 8.76. The van der Waals surface area contributed by atoms with Gasteiger partial charge in [-0.05, 0) is 19.1 Å². The molecule has 2 heterocycles. The van der Waals surface area contributed by atoms with Gasteiger partial charge in [-0.2, -0.15) is 5.26 Å². The Labute approximate surface area is 103 Å². The van der Waals surface area contributed by atoms with Crippen LogP contribution < -0.4 is 5.32 Å². The first-order valence-electron chi connectivity index (χ1n) is 4.81. The highest BCUT2D eigenvalue weighted by molar-refractivity contribution is 6.30. The summed E-state index contributed by atoms with van der Waals surface area (Å²) in [5.41, 5.74) is 1.07. The van der Waals surface area contributed by atoms with Crippen molar-refractivity contribution in [2.75, 3.05) is 5.32 Å². The van der Waals surface area contributed by atoms with Crippen LogP contribution in [0.4, 0.5) is 11.8 Å². The third-order valence-corrected chi connectivity index (χ3v) is 2.30. The number of aromatic nitrogens is 3. The molecule has 5 nitrogen and oxygen atoms in total. The number of hydrogen-bond donors (Lipinski definition) is 1. The summed E-state index contributed by atoms with van der Waals surface area (Å²) in [5, 5.41) is 12.2. The van der Waals surface area contributed by atoms with E-state index < -0.39 is 0 Å². The van der Waals surface area contributed by atoms with Crippen molar-refractivity contribution in [3.8, 4) is 6.07 Å². The number of hydrogen-bond acceptors (Lipinski definition) is 5. The molecule has 0 amide bonds. The summed E-state index contributed by atoms with van der Waals surface area (Å²) in [7, 11) is 0. The summed E-state index contributed by atoms with van der Waals surface area (Å²) in [6, 6.07) is 5.35. The van der Waals surface area contributed by atoms with Crippen molar-refractivity contribution in [3.05, 3.63) is 40.8 Å². The van der Waals surface area contributed by atoms with Gasteiger partial charge in [0.25, 0.3) is 0 Å². The van der Waals surface area contributed by atoms with Crippen molar-refractivity contribution in [2.45, 2.75) is 6.92 Å². The Kier molecular flexibility index (Phi) is 3.17. The molecule has 0 aromatic carbocycles. The Morgan fingerprint density at radius 1 is 1.41 bits per heavy atom. The molecule has 0 aliphatic carbocycles. The van der Waals surface area contributed by atoms with Crippen LogP contribution in [0.5, 0.6) is 0 Å².